The van der Waals surface area contributed by atoms with Crippen molar-refractivity contribution < 1.29 is 0 Å². The first-order valence-electron chi connectivity index (χ1n) is 8.46. The zero-order valence-electron chi connectivity index (χ0n) is 14.2. The Kier molecular flexibility index (Phi) is 5.44. The van der Waals surface area contributed by atoms with E-state index in [2.05, 4.69) is 49.8 Å². The maximum atomic E-state index is 6.64. The third kappa shape index (κ3) is 3.49. The number of nitrogens with zero attached hydrogens (tertiary/aromatic N) is 3. The SMILES string of the molecule is CCC(C)n1ccc(CC(N)C2(N(C)C)CCCCC2)n1. The van der Waals surface area contributed by atoms with Gasteiger partial charge in [0, 0.05) is 30.2 Å². The Labute approximate surface area is 129 Å². The molecule has 1 aliphatic rings. The van der Waals surface area contributed by atoms with Crippen molar-refractivity contribution in [2.24, 2.45) is 5.73 Å². The number of rotatable bonds is 6. The molecule has 0 spiro atoms. The summed E-state index contributed by atoms with van der Waals surface area (Å²) >= 11 is 0. The summed E-state index contributed by atoms with van der Waals surface area (Å²) < 4.78 is 2.07. The quantitative estimate of drug-likeness (QED) is 0.877. The fourth-order valence-corrected chi connectivity index (χ4v) is 3.65. The van der Waals surface area contributed by atoms with Gasteiger partial charge in [-0.1, -0.05) is 26.2 Å². The van der Waals surface area contributed by atoms with Gasteiger partial charge < -0.3 is 10.6 Å². The van der Waals surface area contributed by atoms with Crippen LogP contribution in [0.4, 0.5) is 0 Å². The Morgan fingerprint density at radius 3 is 2.57 bits per heavy atom. The molecular formula is C17H32N4. The first-order chi connectivity index (χ1) is 9.99. The maximum absolute atomic E-state index is 6.64. The molecule has 1 aromatic rings. The van der Waals surface area contributed by atoms with Gasteiger partial charge in [0.25, 0.3) is 0 Å². The van der Waals surface area contributed by atoms with Crippen LogP contribution in [-0.2, 0) is 6.42 Å². The number of likely N-dealkylation sites (N-methyl/N-ethyl adjacent to an activating group) is 1. The van der Waals surface area contributed by atoms with Gasteiger partial charge in [0.1, 0.15) is 0 Å². The second-order valence-electron chi connectivity index (χ2n) is 6.91. The van der Waals surface area contributed by atoms with Crippen LogP contribution in [0, 0.1) is 0 Å². The van der Waals surface area contributed by atoms with E-state index in [4.69, 9.17) is 10.8 Å². The summed E-state index contributed by atoms with van der Waals surface area (Å²) in [4.78, 5) is 2.36. The number of hydrogen-bond donors (Lipinski definition) is 1. The van der Waals surface area contributed by atoms with Gasteiger partial charge >= 0.3 is 0 Å². The van der Waals surface area contributed by atoms with Gasteiger partial charge in [0.2, 0.25) is 0 Å². The molecule has 0 amide bonds. The molecule has 2 N–H and O–H groups in total. The van der Waals surface area contributed by atoms with Crippen molar-refractivity contribution in [2.75, 3.05) is 14.1 Å². The molecule has 120 valence electrons. The number of nitrogens with two attached hydrogens (primary N) is 1. The normalized spacial score (nSPS) is 21.4. The van der Waals surface area contributed by atoms with Gasteiger partial charge in [0.05, 0.1) is 5.69 Å². The second kappa shape index (κ2) is 6.93. The highest BCUT2D eigenvalue weighted by Crippen LogP contribution is 2.35. The van der Waals surface area contributed by atoms with Crippen LogP contribution < -0.4 is 5.73 Å². The Balaban J connectivity index is 2.08. The molecule has 4 heteroatoms. The molecule has 0 radical (unpaired) electrons. The lowest BCUT2D eigenvalue weighted by Crippen LogP contribution is -2.59. The van der Waals surface area contributed by atoms with Crippen LogP contribution in [0.15, 0.2) is 12.3 Å². The van der Waals surface area contributed by atoms with E-state index in [9.17, 15) is 0 Å². The lowest BCUT2D eigenvalue weighted by molar-refractivity contribution is 0.0712. The van der Waals surface area contributed by atoms with Crippen molar-refractivity contribution in [3.8, 4) is 0 Å². The molecule has 21 heavy (non-hydrogen) atoms. The van der Waals surface area contributed by atoms with E-state index >= 15 is 0 Å². The molecule has 2 unspecified atom stereocenters. The lowest BCUT2D eigenvalue weighted by atomic mass is 9.74. The van der Waals surface area contributed by atoms with Gasteiger partial charge in [-0.15, -0.1) is 0 Å². The van der Waals surface area contributed by atoms with Crippen molar-refractivity contribution >= 4 is 0 Å². The highest BCUT2D eigenvalue weighted by atomic mass is 15.3. The number of aromatic nitrogens is 2. The number of hydrogen-bond acceptors (Lipinski definition) is 3. The average Bonchev–Trinajstić information content (AvgIpc) is 2.95. The lowest BCUT2D eigenvalue weighted by Gasteiger charge is -2.47. The second-order valence-corrected chi connectivity index (χ2v) is 6.91. The molecule has 0 bridgehead atoms. The molecule has 1 fully saturated rings. The van der Waals surface area contributed by atoms with Crippen molar-refractivity contribution in [3.63, 3.8) is 0 Å². The minimum absolute atomic E-state index is 0.151. The van der Waals surface area contributed by atoms with E-state index < -0.39 is 0 Å². The summed E-state index contributed by atoms with van der Waals surface area (Å²) in [5.41, 5.74) is 7.93. The summed E-state index contributed by atoms with van der Waals surface area (Å²) in [5.74, 6) is 0. The first kappa shape index (κ1) is 16.5. The topological polar surface area (TPSA) is 47.1 Å². The predicted molar refractivity (Wildman–Crippen MR) is 88.4 cm³/mol. The first-order valence-corrected chi connectivity index (χ1v) is 8.46. The molecule has 4 nitrogen and oxygen atoms in total. The van der Waals surface area contributed by atoms with Gasteiger partial charge in [-0.2, -0.15) is 5.10 Å². The van der Waals surface area contributed by atoms with Gasteiger partial charge in [-0.05, 0) is 46.3 Å². The summed E-state index contributed by atoms with van der Waals surface area (Å²) in [5, 5.41) is 4.72. The Bertz CT molecular complexity index is 432. The molecule has 1 heterocycles. The highest BCUT2D eigenvalue weighted by Gasteiger charge is 2.40. The zero-order chi connectivity index (χ0) is 15.5. The summed E-state index contributed by atoms with van der Waals surface area (Å²) in [6.07, 6.45) is 10.5. The third-order valence-electron chi connectivity index (χ3n) is 5.44. The molecule has 1 aromatic heterocycles. The van der Waals surface area contributed by atoms with Crippen molar-refractivity contribution in [2.45, 2.75) is 76.4 Å². The van der Waals surface area contributed by atoms with E-state index in [0.717, 1.165) is 18.5 Å². The highest BCUT2D eigenvalue weighted by molar-refractivity contribution is 5.08. The van der Waals surface area contributed by atoms with Crippen molar-refractivity contribution in [1.82, 2.24) is 14.7 Å². The van der Waals surface area contributed by atoms with E-state index in [1.54, 1.807) is 0 Å². The molecule has 0 aliphatic heterocycles. The third-order valence-corrected chi connectivity index (χ3v) is 5.44. The zero-order valence-corrected chi connectivity index (χ0v) is 14.2. The van der Waals surface area contributed by atoms with E-state index in [1.807, 2.05) is 0 Å². The molecule has 2 atom stereocenters. The fourth-order valence-electron chi connectivity index (χ4n) is 3.65. The van der Waals surface area contributed by atoms with E-state index in [-0.39, 0.29) is 11.6 Å². The van der Waals surface area contributed by atoms with Crippen LogP contribution in [0.3, 0.4) is 0 Å². The molecule has 0 saturated heterocycles. The maximum Gasteiger partial charge on any atom is 0.0640 e. The van der Waals surface area contributed by atoms with Crippen molar-refractivity contribution in [3.05, 3.63) is 18.0 Å². The van der Waals surface area contributed by atoms with Gasteiger partial charge in [-0.25, -0.2) is 0 Å². The largest absolute Gasteiger partial charge is 0.326 e. The van der Waals surface area contributed by atoms with Gasteiger partial charge in [-0.3, -0.25) is 4.68 Å². The van der Waals surface area contributed by atoms with Crippen LogP contribution in [0.5, 0.6) is 0 Å². The van der Waals surface area contributed by atoms with Crippen LogP contribution in [0.2, 0.25) is 0 Å². The van der Waals surface area contributed by atoms with Gasteiger partial charge in [0.15, 0.2) is 0 Å². The summed E-state index contributed by atoms with van der Waals surface area (Å²) in [6.45, 7) is 4.40. The average molecular weight is 292 g/mol. The van der Waals surface area contributed by atoms with Crippen LogP contribution >= 0.6 is 0 Å². The van der Waals surface area contributed by atoms with Crippen molar-refractivity contribution in [1.29, 1.82) is 0 Å². The van der Waals surface area contributed by atoms with Crippen LogP contribution in [0.25, 0.3) is 0 Å². The summed E-state index contributed by atoms with van der Waals surface area (Å²) in [6, 6.07) is 2.76. The standard InChI is InChI=1S/C17H32N4/c1-5-14(2)21-12-9-15(19-21)13-16(18)17(20(3)4)10-7-6-8-11-17/h9,12,14,16H,5-8,10-11,13,18H2,1-4H3. The minimum atomic E-state index is 0.151. The van der Waals surface area contributed by atoms with Crippen LogP contribution in [-0.4, -0.2) is 40.4 Å². The Morgan fingerprint density at radius 2 is 2.00 bits per heavy atom. The smallest absolute Gasteiger partial charge is 0.0640 e. The minimum Gasteiger partial charge on any atom is -0.326 e. The van der Waals surface area contributed by atoms with E-state index in [0.29, 0.717) is 6.04 Å². The fraction of sp³-hybridized carbons (Fsp3) is 0.824. The molecule has 0 aromatic carbocycles. The van der Waals surface area contributed by atoms with E-state index in [1.165, 1.54) is 32.1 Å². The molecule has 1 aliphatic carbocycles. The molecule has 2 rings (SSSR count). The predicted octanol–water partition coefficient (Wildman–Crippen LogP) is 2.99. The van der Waals surface area contributed by atoms with Crippen LogP contribution in [0.1, 0.15) is 64.1 Å². The Hall–Kier alpha value is -0.870. The monoisotopic (exact) mass is 292 g/mol. The summed E-state index contributed by atoms with van der Waals surface area (Å²) in [7, 11) is 4.37. The Morgan fingerprint density at radius 1 is 1.33 bits per heavy atom. The molecule has 1 saturated carbocycles. The molecular weight excluding hydrogens is 260 g/mol.